The number of ether oxygens (including phenoxy) is 1. The number of carbonyl (C=O) groups is 1. The van der Waals surface area contributed by atoms with Gasteiger partial charge in [-0.25, -0.2) is 4.98 Å². The second-order valence-corrected chi connectivity index (χ2v) is 13.9. The van der Waals surface area contributed by atoms with Crippen molar-refractivity contribution in [3.63, 3.8) is 0 Å². The van der Waals surface area contributed by atoms with Gasteiger partial charge in [-0.15, -0.1) is 11.3 Å². The van der Waals surface area contributed by atoms with Gasteiger partial charge in [0, 0.05) is 75.2 Å². The minimum Gasteiger partial charge on any atom is -0.488 e. The Balaban J connectivity index is 0.962. The van der Waals surface area contributed by atoms with E-state index in [-0.39, 0.29) is 5.41 Å². The number of aliphatic hydroxyl groups is 1. The third kappa shape index (κ3) is 5.69. The molecule has 222 valence electrons. The lowest BCUT2D eigenvalue weighted by Gasteiger charge is -2.43. The molecule has 2 saturated heterocycles. The normalized spacial score (nSPS) is 20.5. The lowest BCUT2D eigenvalue weighted by atomic mass is 9.84. The molecule has 7 nitrogen and oxygen atoms in total. The largest absolute Gasteiger partial charge is 0.488 e. The number of aliphatic hydroxyl groups excluding tert-OH is 1. The Morgan fingerprint density at radius 3 is 2.55 bits per heavy atom. The highest BCUT2D eigenvalue weighted by atomic mass is 32.1. The third-order valence-corrected chi connectivity index (χ3v) is 10.8. The maximum atomic E-state index is 12.4. The van der Waals surface area contributed by atoms with Crippen molar-refractivity contribution in [3.8, 4) is 17.0 Å². The SMILES string of the molecule is Cc1ccc(OCc2ccc(CN3CCN(C(=O)C4CC4)CC3)cc2C)c(-c2csc(N3CC(C4(CO)CC4)C3)n2)c1. The summed E-state index contributed by atoms with van der Waals surface area (Å²) in [6, 6.07) is 13.0. The molecule has 1 N–H and O–H groups in total. The second-order valence-electron chi connectivity index (χ2n) is 13.1. The smallest absolute Gasteiger partial charge is 0.225 e. The molecule has 0 atom stereocenters. The summed E-state index contributed by atoms with van der Waals surface area (Å²) in [5.41, 5.74) is 7.12. The van der Waals surface area contributed by atoms with E-state index in [4.69, 9.17) is 9.72 Å². The highest BCUT2D eigenvalue weighted by molar-refractivity contribution is 7.14. The van der Waals surface area contributed by atoms with Gasteiger partial charge in [0.2, 0.25) is 5.91 Å². The fraction of sp³-hybridized carbons (Fsp3) is 0.529. The van der Waals surface area contributed by atoms with E-state index in [1.54, 1.807) is 11.3 Å². The number of amides is 1. The topological polar surface area (TPSA) is 69.1 Å². The molecule has 2 saturated carbocycles. The van der Waals surface area contributed by atoms with Crippen LogP contribution in [0.5, 0.6) is 5.75 Å². The van der Waals surface area contributed by atoms with Gasteiger partial charge >= 0.3 is 0 Å². The molecule has 0 bridgehead atoms. The Morgan fingerprint density at radius 2 is 1.86 bits per heavy atom. The van der Waals surface area contributed by atoms with E-state index in [0.29, 0.717) is 31.0 Å². The zero-order valence-corrected chi connectivity index (χ0v) is 25.7. The van der Waals surface area contributed by atoms with E-state index in [1.807, 2.05) is 0 Å². The zero-order chi connectivity index (χ0) is 28.8. The van der Waals surface area contributed by atoms with E-state index < -0.39 is 0 Å². The van der Waals surface area contributed by atoms with Gasteiger partial charge in [0.05, 0.1) is 5.69 Å². The highest BCUT2D eigenvalue weighted by Crippen LogP contribution is 2.55. The molecule has 3 aromatic rings. The fourth-order valence-electron chi connectivity index (χ4n) is 6.53. The molecule has 2 aliphatic carbocycles. The maximum Gasteiger partial charge on any atom is 0.225 e. The van der Waals surface area contributed by atoms with Gasteiger partial charge in [0.25, 0.3) is 0 Å². The van der Waals surface area contributed by atoms with Crippen LogP contribution in [0.2, 0.25) is 0 Å². The molecule has 4 aliphatic rings. The molecule has 1 amide bonds. The zero-order valence-electron chi connectivity index (χ0n) is 24.8. The van der Waals surface area contributed by atoms with Gasteiger partial charge in [-0.05, 0) is 73.8 Å². The van der Waals surface area contributed by atoms with Gasteiger partial charge in [-0.2, -0.15) is 0 Å². The van der Waals surface area contributed by atoms with Crippen LogP contribution < -0.4 is 9.64 Å². The molecule has 8 heteroatoms. The number of aryl methyl sites for hydroxylation is 2. The lowest BCUT2D eigenvalue weighted by Crippen LogP contribution is -2.51. The minimum atomic E-state index is 0.191. The molecular formula is C34H42N4O3S. The molecule has 0 spiro atoms. The van der Waals surface area contributed by atoms with Crippen LogP contribution in [0, 0.1) is 31.1 Å². The Kier molecular flexibility index (Phi) is 7.49. The van der Waals surface area contributed by atoms with Crippen molar-refractivity contribution in [2.24, 2.45) is 17.3 Å². The van der Waals surface area contributed by atoms with Crippen molar-refractivity contribution in [2.45, 2.75) is 52.7 Å². The number of aromatic nitrogens is 1. The predicted octanol–water partition coefficient (Wildman–Crippen LogP) is 5.27. The molecule has 1 aromatic heterocycles. The monoisotopic (exact) mass is 586 g/mol. The van der Waals surface area contributed by atoms with E-state index in [2.05, 4.69) is 70.3 Å². The summed E-state index contributed by atoms with van der Waals surface area (Å²) >= 11 is 1.70. The number of carbonyl (C=O) groups excluding carboxylic acids is 1. The van der Waals surface area contributed by atoms with E-state index in [1.165, 1.54) is 22.3 Å². The highest BCUT2D eigenvalue weighted by Gasteiger charge is 2.53. The van der Waals surface area contributed by atoms with Gasteiger partial charge < -0.3 is 19.6 Å². The van der Waals surface area contributed by atoms with Crippen molar-refractivity contribution in [2.75, 3.05) is 50.8 Å². The molecule has 3 heterocycles. The molecule has 2 aromatic carbocycles. The van der Waals surface area contributed by atoms with Crippen molar-refractivity contribution < 1.29 is 14.6 Å². The van der Waals surface area contributed by atoms with Gasteiger partial charge in [-0.3, -0.25) is 9.69 Å². The number of anilines is 1. The Hall–Kier alpha value is -2.94. The Morgan fingerprint density at radius 1 is 1.07 bits per heavy atom. The summed E-state index contributed by atoms with van der Waals surface area (Å²) in [7, 11) is 0. The number of thiazole rings is 1. The summed E-state index contributed by atoms with van der Waals surface area (Å²) in [5.74, 6) is 2.14. The van der Waals surface area contributed by atoms with Crippen molar-refractivity contribution >= 4 is 22.4 Å². The van der Waals surface area contributed by atoms with Crippen LogP contribution in [0.3, 0.4) is 0 Å². The third-order valence-electron chi connectivity index (χ3n) is 9.94. The predicted molar refractivity (Wildman–Crippen MR) is 167 cm³/mol. The first-order valence-electron chi connectivity index (χ1n) is 15.6. The summed E-state index contributed by atoms with van der Waals surface area (Å²) in [4.78, 5) is 24.2. The molecule has 0 radical (unpaired) electrons. The second kappa shape index (κ2) is 11.3. The van der Waals surface area contributed by atoms with Crippen LogP contribution in [0.4, 0.5) is 5.13 Å². The molecule has 4 fully saturated rings. The van der Waals surface area contributed by atoms with Crippen LogP contribution in [0.15, 0.2) is 41.8 Å². The molecule has 7 rings (SSSR count). The Labute approximate surface area is 253 Å². The van der Waals surface area contributed by atoms with Crippen molar-refractivity contribution in [1.82, 2.24) is 14.8 Å². The summed E-state index contributed by atoms with van der Waals surface area (Å²) < 4.78 is 6.43. The molecule has 0 unspecified atom stereocenters. The molecular weight excluding hydrogens is 544 g/mol. The summed E-state index contributed by atoms with van der Waals surface area (Å²) in [6.07, 6.45) is 4.49. The minimum absolute atomic E-state index is 0.191. The van der Waals surface area contributed by atoms with E-state index in [0.717, 1.165) is 93.6 Å². The van der Waals surface area contributed by atoms with Crippen LogP contribution in [0.1, 0.15) is 47.9 Å². The maximum absolute atomic E-state index is 12.4. The summed E-state index contributed by atoms with van der Waals surface area (Å²) in [6.45, 7) is 11.6. The first-order valence-corrected chi connectivity index (χ1v) is 16.4. The standard InChI is InChI=1S/C34H42N4O3S/c1-23-3-8-31(29(15-23)30-21-42-33(35-30)38-18-28(19-38)34(22-39)9-10-34)41-20-27-5-4-25(16-24(27)2)17-36-11-13-37(14-12-36)32(40)26-6-7-26/h3-5,8,15-16,21,26,28,39H,6-7,9-14,17-20,22H2,1-2H3. The van der Waals surface area contributed by atoms with Gasteiger partial charge in [0.1, 0.15) is 12.4 Å². The fourth-order valence-corrected chi connectivity index (χ4v) is 7.37. The van der Waals surface area contributed by atoms with E-state index >= 15 is 0 Å². The number of piperazine rings is 1. The molecule has 42 heavy (non-hydrogen) atoms. The number of rotatable bonds is 10. The quantitative estimate of drug-likeness (QED) is 0.349. The number of nitrogens with zero attached hydrogens (tertiary/aromatic N) is 4. The number of hydrogen-bond donors (Lipinski definition) is 1. The first-order chi connectivity index (χ1) is 20.4. The molecule has 2 aliphatic heterocycles. The Bertz CT molecular complexity index is 1450. The van der Waals surface area contributed by atoms with Crippen LogP contribution in [-0.4, -0.2) is 71.7 Å². The average molecular weight is 587 g/mol. The summed E-state index contributed by atoms with van der Waals surface area (Å²) in [5, 5.41) is 13.0. The number of hydrogen-bond acceptors (Lipinski definition) is 7. The van der Waals surface area contributed by atoms with Crippen molar-refractivity contribution in [1.29, 1.82) is 0 Å². The van der Waals surface area contributed by atoms with E-state index in [9.17, 15) is 9.90 Å². The first kappa shape index (κ1) is 27.9. The number of benzene rings is 2. The lowest BCUT2D eigenvalue weighted by molar-refractivity contribution is -0.134. The van der Waals surface area contributed by atoms with Crippen LogP contribution in [-0.2, 0) is 17.9 Å². The van der Waals surface area contributed by atoms with Gasteiger partial charge in [0.15, 0.2) is 5.13 Å². The van der Waals surface area contributed by atoms with Crippen molar-refractivity contribution in [3.05, 3.63) is 64.0 Å². The van der Waals surface area contributed by atoms with Crippen LogP contribution >= 0.6 is 11.3 Å². The average Bonchev–Trinajstić information content (AvgIpc) is 3.91. The van der Waals surface area contributed by atoms with Crippen LogP contribution in [0.25, 0.3) is 11.3 Å². The van der Waals surface area contributed by atoms with Gasteiger partial charge in [-0.1, -0.05) is 29.8 Å².